The minimum Gasteiger partial charge on any atom is -0.456 e. The normalized spacial score (nSPS) is 11.3. The lowest BCUT2D eigenvalue weighted by Crippen LogP contribution is -2.09. The van der Waals surface area contributed by atoms with Crippen molar-refractivity contribution in [1.82, 2.24) is 0 Å². The molecule has 1 heterocycles. The fraction of sp³-hybridized carbons (Fsp3) is 0. The maximum Gasteiger partial charge on any atom is 0.136 e. The molecule has 0 N–H and O–H groups in total. The summed E-state index contributed by atoms with van der Waals surface area (Å²) in [6.45, 7) is 0. The number of anilines is 3. The van der Waals surface area contributed by atoms with Gasteiger partial charge in [-0.3, -0.25) is 0 Å². The van der Waals surface area contributed by atoms with E-state index in [4.69, 9.17) is 4.42 Å². The molecule has 0 aliphatic heterocycles. The number of furan rings is 1. The molecule has 0 spiro atoms. The van der Waals surface area contributed by atoms with Gasteiger partial charge in [-0.15, -0.1) is 0 Å². The van der Waals surface area contributed by atoms with E-state index in [2.05, 4.69) is 181 Å². The van der Waals surface area contributed by atoms with Crippen molar-refractivity contribution < 1.29 is 4.42 Å². The van der Waals surface area contributed by atoms with Crippen LogP contribution in [0.2, 0.25) is 0 Å². The Hall–Kier alpha value is -6.38. The van der Waals surface area contributed by atoms with Crippen molar-refractivity contribution in [2.45, 2.75) is 0 Å². The van der Waals surface area contributed by atoms with Gasteiger partial charge in [0, 0.05) is 27.8 Å². The van der Waals surface area contributed by atoms with Gasteiger partial charge in [0.25, 0.3) is 0 Å². The van der Waals surface area contributed by atoms with Crippen molar-refractivity contribution in [1.29, 1.82) is 0 Å². The first-order valence-corrected chi connectivity index (χ1v) is 16.3. The van der Waals surface area contributed by atoms with Crippen molar-refractivity contribution in [3.8, 4) is 33.4 Å². The zero-order chi connectivity index (χ0) is 31.9. The molecule has 8 aromatic carbocycles. The van der Waals surface area contributed by atoms with Crippen LogP contribution in [-0.2, 0) is 0 Å². The predicted molar refractivity (Wildman–Crippen MR) is 202 cm³/mol. The third kappa shape index (κ3) is 4.92. The second-order valence-corrected chi connectivity index (χ2v) is 12.1. The second-order valence-electron chi connectivity index (χ2n) is 12.1. The summed E-state index contributed by atoms with van der Waals surface area (Å²) in [5.74, 6) is 0. The van der Waals surface area contributed by atoms with Gasteiger partial charge >= 0.3 is 0 Å². The summed E-state index contributed by atoms with van der Waals surface area (Å²) in [6.07, 6.45) is 0. The van der Waals surface area contributed by atoms with E-state index in [0.29, 0.717) is 0 Å². The van der Waals surface area contributed by atoms with Gasteiger partial charge in [0.15, 0.2) is 0 Å². The van der Waals surface area contributed by atoms with Crippen LogP contribution in [-0.4, -0.2) is 0 Å². The lowest BCUT2D eigenvalue weighted by atomic mass is 9.94. The minimum absolute atomic E-state index is 0.921. The van der Waals surface area contributed by atoms with Crippen molar-refractivity contribution >= 4 is 49.8 Å². The molecule has 9 rings (SSSR count). The van der Waals surface area contributed by atoms with Gasteiger partial charge in [-0.05, 0) is 98.8 Å². The Morgan fingerprint density at radius 2 is 0.854 bits per heavy atom. The molecule has 0 atom stereocenters. The van der Waals surface area contributed by atoms with Crippen LogP contribution in [0.15, 0.2) is 192 Å². The standard InChI is InChI=1S/C46H31NO/c1-3-11-33(12-4-1)40-15-7-8-16-41(40)34-23-28-39(29-24-34)47(37-13-5-2-6-14-37)38-26-21-32(22-27-38)36-20-19-35-25-30-45-46(43(35)31-36)42-17-9-10-18-44(42)48-45/h1-31H. The molecule has 2 heteroatoms. The van der Waals surface area contributed by atoms with Crippen LogP contribution in [0.25, 0.3) is 66.1 Å². The molecular formula is C46H31NO. The lowest BCUT2D eigenvalue weighted by molar-refractivity contribution is 0.669. The van der Waals surface area contributed by atoms with Crippen molar-refractivity contribution in [3.63, 3.8) is 0 Å². The maximum absolute atomic E-state index is 6.19. The highest BCUT2D eigenvalue weighted by atomic mass is 16.3. The number of rotatable bonds is 6. The van der Waals surface area contributed by atoms with E-state index in [9.17, 15) is 0 Å². The van der Waals surface area contributed by atoms with Gasteiger partial charge in [0.2, 0.25) is 0 Å². The van der Waals surface area contributed by atoms with Gasteiger partial charge in [0.05, 0.1) is 0 Å². The van der Waals surface area contributed by atoms with Crippen molar-refractivity contribution in [2.75, 3.05) is 4.90 Å². The Bertz CT molecular complexity index is 2530. The number of hydrogen-bond donors (Lipinski definition) is 0. The van der Waals surface area contributed by atoms with E-state index in [1.54, 1.807) is 0 Å². The van der Waals surface area contributed by atoms with Crippen LogP contribution >= 0.6 is 0 Å². The van der Waals surface area contributed by atoms with Crippen LogP contribution in [0.3, 0.4) is 0 Å². The first-order chi connectivity index (χ1) is 23.8. The third-order valence-electron chi connectivity index (χ3n) is 9.28. The van der Waals surface area contributed by atoms with E-state index in [-0.39, 0.29) is 0 Å². The zero-order valence-corrected chi connectivity index (χ0v) is 26.3. The highest BCUT2D eigenvalue weighted by molar-refractivity contribution is 6.19. The molecule has 0 amide bonds. The molecule has 2 nitrogen and oxygen atoms in total. The number of fused-ring (bicyclic) bond motifs is 5. The Morgan fingerprint density at radius 1 is 0.333 bits per heavy atom. The molecule has 0 aliphatic carbocycles. The quantitative estimate of drug-likeness (QED) is 0.185. The minimum atomic E-state index is 0.921. The van der Waals surface area contributed by atoms with Gasteiger partial charge in [-0.1, -0.05) is 133 Å². The third-order valence-corrected chi connectivity index (χ3v) is 9.28. The van der Waals surface area contributed by atoms with E-state index >= 15 is 0 Å². The Kier molecular flexibility index (Phi) is 6.84. The molecule has 226 valence electrons. The SMILES string of the molecule is c1ccc(-c2ccccc2-c2ccc(N(c3ccccc3)c3ccc(-c4ccc5ccc6oc7ccccc7c6c5c4)cc3)cc2)cc1. The average Bonchev–Trinajstić information content (AvgIpc) is 3.56. The number of nitrogens with zero attached hydrogens (tertiary/aromatic N) is 1. The summed E-state index contributed by atoms with van der Waals surface area (Å²) in [5.41, 5.74) is 12.4. The van der Waals surface area contributed by atoms with Crippen LogP contribution in [0.5, 0.6) is 0 Å². The highest BCUT2D eigenvalue weighted by Gasteiger charge is 2.15. The van der Waals surface area contributed by atoms with Gasteiger partial charge in [-0.2, -0.15) is 0 Å². The predicted octanol–water partition coefficient (Wildman–Crippen LogP) is 13.2. The molecule has 0 aliphatic rings. The largest absolute Gasteiger partial charge is 0.456 e. The summed E-state index contributed by atoms with van der Waals surface area (Å²) in [5, 5.41) is 4.74. The van der Waals surface area contributed by atoms with Crippen LogP contribution in [0, 0.1) is 0 Å². The van der Waals surface area contributed by atoms with E-state index in [0.717, 1.165) is 33.6 Å². The van der Waals surface area contributed by atoms with E-state index in [1.165, 1.54) is 49.5 Å². The smallest absolute Gasteiger partial charge is 0.136 e. The number of para-hydroxylation sites is 2. The molecule has 0 bridgehead atoms. The molecule has 0 unspecified atom stereocenters. The second kappa shape index (κ2) is 11.8. The van der Waals surface area contributed by atoms with Gasteiger partial charge < -0.3 is 9.32 Å². The lowest BCUT2D eigenvalue weighted by Gasteiger charge is -2.26. The Labute approximate surface area is 279 Å². The topological polar surface area (TPSA) is 16.4 Å². The van der Waals surface area contributed by atoms with Gasteiger partial charge in [0.1, 0.15) is 11.2 Å². The molecule has 0 fully saturated rings. The van der Waals surface area contributed by atoms with Crippen LogP contribution < -0.4 is 4.90 Å². The summed E-state index contributed by atoms with van der Waals surface area (Å²) >= 11 is 0. The Morgan fingerprint density at radius 3 is 1.56 bits per heavy atom. The molecular weight excluding hydrogens is 583 g/mol. The van der Waals surface area contributed by atoms with Crippen LogP contribution in [0.4, 0.5) is 17.1 Å². The fourth-order valence-electron chi connectivity index (χ4n) is 6.94. The summed E-state index contributed by atoms with van der Waals surface area (Å²) in [6, 6.07) is 66.9. The number of hydrogen-bond acceptors (Lipinski definition) is 2. The molecule has 1 aromatic heterocycles. The van der Waals surface area contributed by atoms with Crippen molar-refractivity contribution in [3.05, 3.63) is 188 Å². The maximum atomic E-state index is 6.19. The summed E-state index contributed by atoms with van der Waals surface area (Å²) in [7, 11) is 0. The highest BCUT2D eigenvalue weighted by Crippen LogP contribution is 2.40. The molecule has 48 heavy (non-hydrogen) atoms. The number of benzene rings is 8. The first-order valence-electron chi connectivity index (χ1n) is 16.3. The fourth-order valence-corrected chi connectivity index (χ4v) is 6.94. The van der Waals surface area contributed by atoms with Crippen molar-refractivity contribution in [2.24, 2.45) is 0 Å². The molecule has 0 saturated heterocycles. The average molecular weight is 614 g/mol. The molecule has 9 aromatic rings. The monoisotopic (exact) mass is 613 g/mol. The molecule has 0 radical (unpaired) electrons. The van der Waals surface area contributed by atoms with E-state index in [1.807, 2.05) is 12.1 Å². The van der Waals surface area contributed by atoms with E-state index < -0.39 is 0 Å². The van der Waals surface area contributed by atoms with Gasteiger partial charge in [-0.25, -0.2) is 0 Å². The molecule has 0 saturated carbocycles. The first kappa shape index (κ1) is 27.9. The summed E-state index contributed by atoms with van der Waals surface area (Å²) < 4.78 is 6.19. The Balaban J connectivity index is 1.09. The van der Waals surface area contributed by atoms with Crippen LogP contribution in [0.1, 0.15) is 0 Å². The summed E-state index contributed by atoms with van der Waals surface area (Å²) in [4.78, 5) is 2.32. The zero-order valence-electron chi connectivity index (χ0n) is 26.3.